The molecule has 0 aliphatic heterocycles. The lowest BCUT2D eigenvalue weighted by atomic mass is 10.0. The van der Waals surface area contributed by atoms with Crippen molar-refractivity contribution in [2.45, 2.75) is 33.6 Å². The van der Waals surface area contributed by atoms with Crippen LogP contribution in [0.25, 0.3) is 22.4 Å². The number of unbranched alkanes of at least 4 members (excludes halogenated alkanes) is 1. The number of fused-ring (bicyclic) bond motifs is 1. The quantitative estimate of drug-likeness (QED) is 0.693. The first-order valence-corrected chi connectivity index (χ1v) is 8.60. The lowest BCUT2D eigenvalue weighted by Gasteiger charge is -2.17. The average molecular weight is 337 g/mol. The molecule has 0 unspecified atom stereocenters. The second kappa shape index (κ2) is 7.05. The summed E-state index contributed by atoms with van der Waals surface area (Å²) in [6.07, 6.45) is 2.02. The molecule has 0 saturated heterocycles. The number of hydrogen-bond donors (Lipinski definition) is 0. The second-order valence-electron chi connectivity index (χ2n) is 6.47. The van der Waals surface area contributed by atoms with E-state index in [0.717, 1.165) is 30.6 Å². The maximum absolute atomic E-state index is 13.0. The van der Waals surface area contributed by atoms with Gasteiger partial charge in [0, 0.05) is 24.8 Å². The van der Waals surface area contributed by atoms with E-state index < -0.39 is 0 Å². The first-order chi connectivity index (χ1) is 12.0. The number of carbonyl (C=O) groups excluding carboxylic acids is 1. The van der Waals surface area contributed by atoms with Gasteiger partial charge in [-0.1, -0.05) is 48.3 Å². The van der Waals surface area contributed by atoms with E-state index in [1.165, 1.54) is 5.56 Å². The van der Waals surface area contributed by atoms with Crippen molar-refractivity contribution in [3.63, 3.8) is 0 Å². The van der Waals surface area contributed by atoms with E-state index in [1.807, 2.05) is 51.2 Å². The number of carbonyl (C=O) groups is 1. The summed E-state index contributed by atoms with van der Waals surface area (Å²) in [5.41, 5.74) is 4.49. The van der Waals surface area contributed by atoms with Gasteiger partial charge in [-0.3, -0.25) is 4.79 Å². The highest BCUT2D eigenvalue weighted by Gasteiger charge is 2.22. The Bertz CT molecular complexity index is 897. The van der Waals surface area contributed by atoms with Crippen LogP contribution in [-0.2, 0) is 0 Å². The van der Waals surface area contributed by atoms with E-state index in [-0.39, 0.29) is 5.91 Å². The maximum Gasteiger partial charge on any atom is 0.259 e. The van der Waals surface area contributed by atoms with Gasteiger partial charge in [0.25, 0.3) is 11.6 Å². The van der Waals surface area contributed by atoms with Crippen molar-refractivity contribution in [1.29, 1.82) is 0 Å². The highest BCUT2D eigenvalue weighted by atomic mass is 16.5. The van der Waals surface area contributed by atoms with Gasteiger partial charge < -0.3 is 9.42 Å². The van der Waals surface area contributed by atoms with E-state index in [2.05, 4.69) is 17.1 Å². The van der Waals surface area contributed by atoms with E-state index in [9.17, 15) is 4.79 Å². The number of aromatic nitrogens is 2. The molecule has 1 amide bonds. The molecule has 25 heavy (non-hydrogen) atoms. The van der Waals surface area contributed by atoms with Crippen molar-refractivity contribution in [1.82, 2.24) is 15.0 Å². The molecule has 0 aliphatic rings. The van der Waals surface area contributed by atoms with Crippen LogP contribution >= 0.6 is 0 Å². The minimum atomic E-state index is -0.0273. The molecule has 130 valence electrons. The first kappa shape index (κ1) is 17.1. The number of hydrogen-bond acceptors (Lipinski definition) is 4. The third-order valence-corrected chi connectivity index (χ3v) is 4.32. The van der Waals surface area contributed by atoms with Crippen LogP contribution in [-0.4, -0.2) is 34.5 Å². The second-order valence-corrected chi connectivity index (χ2v) is 6.47. The Balaban J connectivity index is 2.12. The number of benzene rings is 1. The molecule has 0 spiro atoms. The van der Waals surface area contributed by atoms with Crippen LogP contribution in [0.1, 0.15) is 41.4 Å². The zero-order valence-corrected chi connectivity index (χ0v) is 15.2. The lowest BCUT2D eigenvalue weighted by molar-refractivity contribution is 0.0795. The van der Waals surface area contributed by atoms with Gasteiger partial charge in [-0.15, -0.1) is 0 Å². The predicted octanol–water partition coefficient (Wildman–Crippen LogP) is 4.38. The molecular formula is C20H23N3O2. The van der Waals surface area contributed by atoms with Crippen molar-refractivity contribution >= 4 is 17.0 Å². The number of amides is 1. The summed E-state index contributed by atoms with van der Waals surface area (Å²) in [6.45, 7) is 6.73. The Kier molecular flexibility index (Phi) is 4.83. The fourth-order valence-corrected chi connectivity index (χ4v) is 2.85. The standard InChI is InChI=1S/C20H23N3O2/c1-5-6-11-23(4)20(24)16-12-14(3)21-19-17(16)18(22-25-19)15-9-7-13(2)8-10-15/h7-10,12H,5-6,11H2,1-4H3. The molecule has 3 rings (SSSR count). The molecular weight excluding hydrogens is 314 g/mol. The first-order valence-electron chi connectivity index (χ1n) is 8.60. The van der Waals surface area contributed by atoms with Crippen LogP contribution in [0.4, 0.5) is 0 Å². The van der Waals surface area contributed by atoms with Crippen molar-refractivity contribution in [3.05, 3.63) is 47.2 Å². The van der Waals surface area contributed by atoms with Gasteiger partial charge in [0.2, 0.25) is 0 Å². The third kappa shape index (κ3) is 3.40. The van der Waals surface area contributed by atoms with Gasteiger partial charge >= 0.3 is 0 Å². The highest BCUT2D eigenvalue weighted by Crippen LogP contribution is 2.31. The smallest absolute Gasteiger partial charge is 0.259 e. The topological polar surface area (TPSA) is 59.2 Å². The Morgan fingerprint density at radius 2 is 1.92 bits per heavy atom. The minimum Gasteiger partial charge on any atom is -0.342 e. The Hall–Kier alpha value is -2.69. The lowest BCUT2D eigenvalue weighted by Crippen LogP contribution is -2.28. The molecule has 3 aromatic rings. The van der Waals surface area contributed by atoms with Gasteiger partial charge in [0.05, 0.1) is 10.9 Å². The molecule has 2 heterocycles. The molecule has 0 N–H and O–H groups in total. The summed E-state index contributed by atoms with van der Waals surface area (Å²) in [5.74, 6) is -0.0273. The molecule has 0 radical (unpaired) electrons. The fourth-order valence-electron chi connectivity index (χ4n) is 2.85. The number of aryl methyl sites for hydroxylation is 2. The van der Waals surface area contributed by atoms with Crippen molar-refractivity contribution in [3.8, 4) is 11.3 Å². The number of rotatable bonds is 5. The van der Waals surface area contributed by atoms with Gasteiger partial charge in [-0.05, 0) is 26.3 Å². The van der Waals surface area contributed by atoms with Crippen molar-refractivity contribution in [2.24, 2.45) is 0 Å². The molecule has 0 aliphatic carbocycles. The SMILES string of the molecule is CCCCN(C)C(=O)c1cc(C)nc2onc(-c3ccc(C)cc3)c12. The summed E-state index contributed by atoms with van der Waals surface area (Å²) in [7, 11) is 1.83. The fraction of sp³-hybridized carbons (Fsp3) is 0.350. The summed E-state index contributed by atoms with van der Waals surface area (Å²) in [6, 6.07) is 9.84. The van der Waals surface area contributed by atoms with Gasteiger partial charge in [-0.25, -0.2) is 4.98 Å². The highest BCUT2D eigenvalue weighted by molar-refractivity contribution is 6.09. The molecule has 5 heteroatoms. The number of nitrogens with zero attached hydrogens (tertiary/aromatic N) is 3. The zero-order chi connectivity index (χ0) is 18.0. The molecule has 1 aromatic carbocycles. The minimum absolute atomic E-state index is 0.0273. The predicted molar refractivity (Wildman–Crippen MR) is 98.6 cm³/mol. The van der Waals surface area contributed by atoms with Crippen molar-refractivity contribution in [2.75, 3.05) is 13.6 Å². The van der Waals surface area contributed by atoms with Crippen LogP contribution in [0.5, 0.6) is 0 Å². The van der Waals surface area contributed by atoms with E-state index in [1.54, 1.807) is 4.90 Å². The Morgan fingerprint density at radius 1 is 1.20 bits per heavy atom. The summed E-state index contributed by atoms with van der Waals surface area (Å²) in [4.78, 5) is 19.1. The van der Waals surface area contributed by atoms with E-state index in [4.69, 9.17) is 4.52 Å². The third-order valence-electron chi connectivity index (χ3n) is 4.32. The van der Waals surface area contributed by atoms with Gasteiger partial charge in [-0.2, -0.15) is 0 Å². The van der Waals surface area contributed by atoms with Gasteiger partial charge in [0.1, 0.15) is 5.69 Å². The normalized spacial score (nSPS) is 11.0. The van der Waals surface area contributed by atoms with E-state index >= 15 is 0 Å². The number of pyridine rings is 1. The van der Waals surface area contributed by atoms with Gasteiger partial charge in [0.15, 0.2) is 0 Å². The van der Waals surface area contributed by atoms with Crippen LogP contribution in [0.2, 0.25) is 0 Å². The van der Waals surface area contributed by atoms with Crippen LogP contribution in [0.3, 0.4) is 0 Å². The molecule has 0 saturated carbocycles. The molecule has 5 nitrogen and oxygen atoms in total. The van der Waals surface area contributed by atoms with Crippen LogP contribution < -0.4 is 0 Å². The summed E-state index contributed by atoms with van der Waals surface area (Å²) < 4.78 is 5.43. The van der Waals surface area contributed by atoms with Crippen LogP contribution in [0.15, 0.2) is 34.9 Å². The average Bonchev–Trinajstić information content (AvgIpc) is 3.02. The largest absolute Gasteiger partial charge is 0.342 e. The molecule has 0 fully saturated rings. The van der Waals surface area contributed by atoms with Crippen LogP contribution in [0, 0.1) is 13.8 Å². The molecule has 0 atom stereocenters. The monoisotopic (exact) mass is 337 g/mol. The molecule has 2 aromatic heterocycles. The summed E-state index contributed by atoms with van der Waals surface area (Å²) >= 11 is 0. The van der Waals surface area contributed by atoms with E-state index in [0.29, 0.717) is 22.4 Å². The summed E-state index contributed by atoms with van der Waals surface area (Å²) in [5, 5.41) is 4.88. The molecule has 0 bridgehead atoms. The Morgan fingerprint density at radius 3 is 2.60 bits per heavy atom. The van der Waals surface area contributed by atoms with Crippen molar-refractivity contribution < 1.29 is 9.32 Å². The maximum atomic E-state index is 13.0. The zero-order valence-electron chi connectivity index (χ0n) is 15.2. The Labute approximate surface area is 147 Å².